The first-order valence-corrected chi connectivity index (χ1v) is 10.6. The molecule has 2 aromatic rings. The first kappa shape index (κ1) is 22.9. The van der Waals surface area contributed by atoms with E-state index in [1.54, 1.807) is 30.3 Å². The second-order valence-electron chi connectivity index (χ2n) is 9.35. The summed E-state index contributed by atoms with van der Waals surface area (Å²) in [5.74, 6) is 1.10. The van der Waals surface area contributed by atoms with E-state index < -0.39 is 0 Å². The summed E-state index contributed by atoms with van der Waals surface area (Å²) < 4.78 is 11.8. The van der Waals surface area contributed by atoms with E-state index in [-0.39, 0.29) is 45.7 Å². The lowest BCUT2D eigenvalue weighted by Gasteiger charge is -2.63. The highest BCUT2D eigenvalue weighted by molar-refractivity contribution is 6.31. The Balaban J connectivity index is 1.71. The van der Waals surface area contributed by atoms with Crippen molar-refractivity contribution in [3.63, 3.8) is 0 Å². The van der Waals surface area contributed by atoms with E-state index in [4.69, 9.17) is 26.3 Å². The molecule has 0 unspecified atom stereocenters. The number of hydrogen-bond acceptors (Lipinski definition) is 5. The second-order valence-corrected chi connectivity index (χ2v) is 9.76. The summed E-state index contributed by atoms with van der Waals surface area (Å²) in [6.07, 6.45) is 1.40. The molecule has 1 fully saturated rings. The van der Waals surface area contributed by atoms with Gasteiger partial charge in [0.05, 0.1) is 17.3 Å². The highest BCUT2D eigenvalue weighted by atomic mass is 35.5. The SMILES string of the molecule is CC(C)Oc1ccc(C(=O)NC2C(C)(C)C(Oc3cnc(C#N)c(Cl)c3)C2(C)C)cc1. The third kappa shape index (κ3) is 4.47. The molecule has 0 bridgehead atoms. The zero-order valence-corrected chi connectivity index (χ0v) is 19.4. The molecule has 1 N–H and O–H groups in total. The number of hydrogen-bond donors (Lipinski definition) is 1. The number of nitrogens with zero attached hydrogens (tertiary/aromatic N) is 2. The van der Waals surface area contributed by atoms with E-state index in [2.05, 4.69) is 38.0 Å². The van der Waals surface area contributed by atoms with Gasteiger partial charge in [-0.15, -0.1) is 0 Å². The maximum atomic E-state index is 12.9. The van der Waals surface area contributed by atoms with Crippen molar-refractivity contribution in [1.29, 1.82) is 5.26 Å². The molecule has 1 heterocycles. The van der Waals surface area contributed by atoms with Crippen LogP contribution in [0.4, 0.5) is 0 Å². The van der Waals surface area contributed by atoms with Gasteiger partial charge in [-0.05, 0) is 38.1 Å². The summed E-state index contributed by atoms with van der Waals surface area (Å²) >= 11 is 6.09. The number of aromatic nitrogens is 1. The third-order valence-electron chi connectivity index (χ3n) is 5.78. The monoisotopic (exact) mass is 441 g/mol. The molecule has 0 aliphatic heterocycles. The van der Waals surface area contributed by atoms with Crippen LogP contribution in [0.15, 0.2) is 36.5 Å². The Morgan fingerprint density at radius 1 is 1.16 bits per heavy atom. The van der Waals surface area contributed by atoms with Crippen LogP contribution in [0.5, 0.6) is 11.5 Å². The number of carbonyl (C=O) groups excluding carboxylic acids is 1. The van der Waals surface area contributed by atoms with Crippen LogP contribution in [0.2, 0.25) is 5.02 Å². The van der Waals surface area contributed by atoms with E-state index >= 15 is 0 Å². The van der Waals surface area contributed by atoms with E-state index in [0.717, 1.165) is 5.75 Å². The standard InChI is InChI=1S/C24H28ClN3O3/c1-14(2)30-16-9-7-15(8-10-16)20(29)28-21-23(3,4)22(24(21,5)6)31-17-11-18(25)19(12-26)27-13-17/h7-11,13-14,21-22H,1-6H3,(H,28,29). The number of pyridine rings is 1. The fraction of sp³-hybridized carbons (Fsp3) is 0.458. The average molecular weight is 442 g/mol. The molecular weight excluding hydrogens is 414 g/mol. The van der Waals surface area contributed by atoms with Gasteiger partial charge in [-0.25, -0.2) is 4.98 Å². The summed E-state index contributed by atoms with van der Waals surface area (Å²) in [4.78, 5) is 16.9. The fourth-order valence-electron chi connectivity index (χ4n) is 4.67. The lowest BCUT2D eigenvalue weighted by atomic mass is 9.49. The van der Waals surface area contributed by atoms with Gasteiger partial charge in [0.2, 0.25) is 0 Å². The number of nitriles is 1. The minimum atomic E-state index is -0.333. The summed E-state index contributed by atoms with van der Waals surface area (Å²) in [6.45, 7) is 12.2. The molecule has 1 aromatic carbocycles. The summed E-state index contributed by atoms with van der Waals surface area (Å²) in [6, 6.07) is 10.6. The quantitative estimate of drug-likeness (QED) is 0.681. The highest BCUT2D eigenvalue weighted by Crippen LogP contribution is 2.55. The molecule has 0 atom stereocenters. The number of carbonyl (C=O) groups is 1. The van der Waals surface area contributed by atoms with Gasteiger partial charge >= 0.3 is 0 Å². The number of amides is 1. The van der Waals surface area contributed by atoms with Gasteiger partial charge in [-0.2, -0.15) is 5.26 Å². The molecule has 164 valence electrons. The molecular formula is C24H28ClN3O3. The average Bonchev–Trinajstić information content (AvgIpc) is 2.70. The van der Waals surface area contributed by atoms with Crippen LogP contribution in [0.1, 0.15) is 57.6 Å². The smallest absolute Gasteiger partial charge is 0.251 e. The van der Waals surface area contributed by atoms with Crippen LogP contribution < -0.4 is 14.8 Å². The molecule has 3 rings (SSSR count). The largest absolute Gasteiger partial charge is 0.491 e. The zero-order valence-electron chi connectivity index (χ0n) is 18.7. The maximum absolute atomic E-state index is 12.9. The predicted octanol–water partition coefficient (Wildman–Crippen LogP) is 5.01. The summed E-state index contributed by atoms with van der Waals surface area (Å²) in [5, 5.41) is 12.4. The first-order chi connectivity index (χ1) is 14.5. The minimum absolute atomic E-state index is 0.0781. The molecule has 7 heteroatoms. The van der Waals surface area contributed by atoms with Crippen molar-refractivity contribution in [2.75, 3.05) is 0 Å². The molecule has 1 aliphatic carbocycles. The number of halogens is 1. The summed E-state index contributed by atoms with van der Waals surface area (Å²) in [5.41, 5.74) is 0.0757. The van der Waals surface area contributed by atoms with Crippen LogP contribution in [0, 0.1) is 22.2 Å². The molecule has 1 aromatic heterocycles. The number of benzene rings is 1. The van der Waals surface area contributed by atoms with Crippen molar-refractivity contribution in [2.45, 2.75) is 59.8 Å². The first-order valence-electron chi connectivity index (χ1n) is 10.3. The number of ether oxygens (including phenoxy) is 2. The molecule has 31 heavy (non-hydrogen) atoms. The van der Waals surface area contributed by atoms with Crippen LogP contribution in [0.25, 0.3) is 0 Å². The van der Waals surface area contributed by atoms with Gasteiger partial charge < -0.3 is 14.8 Å². The van der Waals surface area contributed by atoms with E-state index in [1.807, 2.05) is 19.9 Å². The van der Waals surface area contributed by atoms with E-state index in [0.29, 0.717) is 11.3 Å². The Bertz CT molecular complexity index is 994. The van der Waals surface area contributed by atoms with Crippen molar-refractivity contribution in [3.8, 4) is 17.6 Å². The molecule has 6 nitrogen and oxygen atoms in total. The van der Waals surface area contributed by atoms with Crippen LogP contribution in [0.3, 0.4) is 0 Å². The van der Waals surface area contributed by atoms with Gasteiger partial charge in [0.25, 0.3) is 5.91 Å². The van der Waals surface area contributed by atoms with E-state index in [1.165, 1.54) is 6.20 Å². The Morgan fingerprint density at radius 2 is 1.77 bits per heavy atom. The molecule has 0 radical (unpaired) electrons. The Labute approximate surface area is 188 Å². The van der Waals surface area contributed by atoms with E-state index in [9.17, 15) is 4.79 Å². The molecule has 1 aliphatic rings. The lowest BCUT2D eigenvalue weighted by Crippen LogP contribution is -2.74. The van der Waals surface area contributed by atoms with Gasteiger partial charge in [0, 0.05) is 28.5 Å². The number of rotatable bonds is 6. The van der Waals surface area contributed by atoms with Gasteiger partial charge in [0.15, 0.2) is 5.69 Å². The fourth-order valence-corrected chi connectivity index (χ4v) is 4.87. The van der Waals surface area contributed by atoms with Gasteiger partial charge in [0.1, 0.15) is 23.7 Å². The normalized spacial score (nSPS) is 21.0. The minimum Gasteiger partial charge on any atom is -0.491 e. The van der Waals surface area contributed by atoms with Gasteiger partial charge in [-0.1, -0.05) is 39.3 Å². The van der Waals surface area contributed by atoms with Gasteiger partial charge in [-0.3, -0.25) is 4.79 Å². The highest BCUT2D eigenvalue weighted by Gasteiger charge is 2.64. The van der Waals surface area contributed by atoms with Crippen LogP contribution >= 0.6 is 11.6 Å². The molecule has 1 amide bonds. The molecule has 0 spiro atoms. The van der Waals surface area contributed by atoms with Crippen molar-refractivity contribution < 1.29 is 14.3 Å². The third-order valence-corrected chi connectivity index (χ3v) is 6.07. The summed E-state index contributed by atoms with van der Waals surface area (Å²) in [7, 11) is 0. The topological polar surface area (TPSA) is 84.2 Å². The van der Waals surface area contributed by atoms with Crippen LogP contribution in [-0.2, 0) is 0 Å². The van der Waals surface area contributed by atoms with Crippen molar-refractivity contribution >= 4 is 17.5 Å². The van der Waals surface area contributed by atoms with Crippen molar-refractivity contribution in [1.82, 2.24) is 10.3 Å². The Kier molecular flexibility index (Phi) is 6.20. The second kappa shape index (κ2) is 8.39. The maximum Gasteiger partial charge on any atom is 0.251 e. The van der Waals surface area contributed by atoms with Crippen LogP contribution in [-0.4, -0.2) is 29.1 Å². The lowest BCUT2D eigenvalue weighted by molar-refractivity contribution is -0.164. The molecule has 1 saturated carbocycles. The zero-order chi connectivity index (χ0) is 23.0. The Hall–Kier alpha value is -2.78. The Morgan fingerprint density at radius 3 is 2.29 bits per heavy atom. The molecule has 0 saturated heterocycles. The predicted molar refractivity (Wildman–Crippen MR) is 119 cm³/mol. The number of nitrogens with one attached hydrogen (secondary N) is 1. The van der Waals surface area contributed by atoms with Crippen molar-refractivity contribution in [3.05, 3.63) is 52.8 Å². The van der Waals surface area contributed by atoms with Crippen molar-refractivity contribution in [2.24, 2.45) is 10.8 Å².